The Hall–Kier alpha value is -2.82. The molecule has 42 heavy (non-hydrogen) atoms. The van der Waals surface area contributed by atoms with Gasteiger partial charge in [0.25, 0.3) is 0 Å². The molecular weight excluding hydrogens is 557 g/mol. The molecule has 0 radical (unpaired) electrons. The van der Waals surface area contributed by atoms with Crippen LogP contribution in [0.3, 0.4) is 0 Å². The van der Waals surface area contributed by atoms with Gasteiger partial charge in [-0.25, -0.2) is 17.5 Å². The van der Waals surface area contributed by atoms with Gasteiger partial charge in [0.05, 0.1) is 19.4 Å². The summed E-state index contributed by atoms with van der Waals surface area (Å²) in [6, 6.07) is 10.5. The highest BCUT2D eigenvalue weighted by molar-refractivity contribution is 7.88. The van der Waals surface area contributed by atoms with Crippen molar-refractivity contribution in [3.05, 3.63) is 58.9 Å². The van der Waals surface area contributed by atoms with Crippen LogP contribution < -0.4 is 14.4 Å². The van der Waals surface area contributed by atoms with Crippen molar-refractivity contribution in [2.45, 2.75) is 77.3 Å². The van der Waals surface area contributed by atoms with Crippen molar-refractivity contribution in [1.82, 2.24) is 9.62 Å². The molecule has 230 valence electrons. The molecule has 1 N–H and O–H groups in total. The molecule has 1 amide bonds. The van der Waals surface area contributed by atoms with Crippen LogP contribution in [0.2, 0.25) is 0 Å². The van der Waals surface area contributed by atoms with Crippen LogP contribution in [-0.2, 0) is 26.0 Å². The first kappa shape index (κ1) is 32.1. The number of sulfonamides is 1. The monoisotopic (exact) mass is 601 g/mol. The Labute approximate surface area is 249 Å². The fraction of sp³-hybridized carbons (Fsp3) is 0.562. The molecule has 0 aliphatic carbocycles. The van der Waals surface area contributed by atoms with E-state index in [1.54, 1.807) is 19.1 Å². The summed E-state index contributed by atoms with van der Waals surface area (Å²) in [5, 5.41) is 0. The molecule has 0 aromatic heterocycles. The van der Waals surface area contributed by atoms with Crippen LogP contribution in [0, 0.1) is 18.7 Å². The maximum absolute atomic E-state index is 14.2. The SMILES string of the molecule is CCCC(CCC)N(C(=O)CN1C[C@H](c2ccc3c(c2)CCO3)[C@@H](C=O)[C@@H]1CCNS(C)(=O)=O)c1ccc(F)c(C)c1. The average molecular weight is 602 g/mol. The lowest BCUT2D eigenvalue weighted by atomic mass is 9.84. The van der Waals surface area contributed by atoms with Crippen molar-refractivity contribution < 1.29 is 27.1 Å². The second-order valence-corrected chi connectivity index (χ2v) is 13.5. The van der Waals surface area contributed by atoms with Crippen molar-refractivity contribution >= 4 is 27.9 Å². The van der Waals surface area contributed by atoms with Crippen LogP contribution >= 0.6 is 0 Å². The zero-order chi connectivity index (χ0) is 30.4. The van der Waals surface area contributed by atoms with E-state index in [0.29, 0.717) is 30.8 Å². The Balaban J connectivity index is 1.66. The molecule has 4 rings (SSSR count). The normalized spacial score (nSPS) is 20.5. The number of hydrogen-bond donors (Lipinski definition) is 1. The predicted octanol–water partition coefficient (Wildman–Crippen LogP) is 4.59. The van der Waals surface area contributed by atoms with Crippen LogP contribution in [0.4, 0.5) is 10.1 Å². The number of amides is 1. The number of aryl methyl sites for hydroxylation is 1. The molecule has 2 aromatic rings. The number of fused-ring (bicyclic) bond motifs is 1. The number of carbonyl (C=O) groups is 2. The van der Waals surface area contributed by atoms with E-state index in [9.17, 15) is 22.4 Å². The molecule has 10 heteroatoms. The summed E-state index contributed by atoms with van der Waals surface area (Å²) < 4.78 is 46.1. The van der Waals surface area contributed by atoms with Crippen molar-refractivity contribution in [2.75, 3.05) is 37.4 Å². The van der Waals surface area contributed by atoms with Gasteiger partial charge in [-0.2, -0.15) is 0 Å². The average Bonchev–Trinajstić information content (AvgIpc) is 3.54. The van der Waals surface area contributed by atoms with Crippen LogP contribution in [-0.4, -0.2) is 70.1 Å². The zero-order valence-electron chi connectivity index (χ0n) is 25.1. The summed E-state index contributed by atoms with van der Waals surface area (Å²) in [5.41, 5.74) is 3.28. The third-order valence-corrected chi connectivity index (χ3v) is 9.28. The number of rotatable bonds is 14. The van der Waals surface area contributed by atoms with E-state index in [1.807, 2.05) is 21.9 Å². The first-order valence-electron chi connectivity index (χ1n) is 15.0. The van der Waals surface area contributed by atoms with Crippen molar-refractivity contribution in [1.29, 1.82) is 0 Å². The second-order valence-electron chi connectivity index (χ2n) is 11.7. The lowest BCUT2D eigenvalue weighted by Crippen LogP contribution is -2.48. The molecule has 2 aromatic carbocycles. The fourth-order valence-electron chi connectivity index (χ4n) is 6.58. The quantitative estimate of drug-likeness (QED) is 0.318. The van der Waals surface area contributed by atoms with E-state index in [-0.39, 0.29) is 42.8 Å². The number of nitrogens with zero attached hydrogens (tertiary/aromatic N) is 2. The summed E-state index contributed by atoms with van der Waals surface area (Å²) in [5.74, 6) is -0.121. The molecule has 1 saturated heterocycles. The molecule has 1 fully saturated rings. The number of anilines is 1. The van der Waals surface area contributed by atoms with Crippen LogP contribution in [0.15, 0.2) is 36.4 Å². The standard InChI is InChI=1S/C32H44FN3O5S/c1-5-7-25(8-6-2)36(26-10-11-29(33)22(3)17-26)32(38)20-35-19-27(23-9-12-31-24(18-23)14-16-41-31)28(21-37)30(35)13-15-34-42(4,39)40/h9-12,17-18,21,25,27-28,30,34H,5-8,13-16,19-20H2,1-4H3/t27-,28-,30+/m1/s1. The molecule has 2 heterocycles. The van der Waals surface area contributed by atoms with Crippen LogP contribution in [0.1, 0.15) is 68.6 Å². The molecule has 3 atom stereocenters. The van der Waals surface area contributed by atoms with Gasteiger partial charge in [-0.05, 0) is 67.1 Å². The Bertz CT molecular complexity index is 1360. The van der Waals surface area contributed by atoms with Gasteiger partial charge in [0.15, 0.2) is 0 Å². The summed E-state index contributed by atoms with van der Waals surface area (Å²) in [6.07, 6.45) is 6.70. The Morgan fingerprint density at radius 2 is 1.93 bits per heavy atom. The highest BCUT2D eigenvalue weighted by Gasteiger charge is 2.43. The molecule has 0 saturated carbocycles. The Kier molecular flexibility index (Phi) is 10.8. The Morgan fingerprint density at radius 3 is 2.57 bits per heavy atom. The lowest BCUT2D eigenvalue weighted by Gasteiger charge is -2.35. The van der Waals surface area contributed by atoms with E-state index in [0.717, 1.165) is 61.5 Å². The summed E-state index contributed by atoms with van der Waals surface area (Å²) in [4.78, 5) is 30.7. The largest absolute Gasteiger partial charge is 0.493 e. The number of ether oxygens (including phenoxy) is 1. The maximum Gasteiger partial charge on any atom is 0.241 e. The second kappa shape index (κ2) is 14.1. The number of aldehydes is 1. The van der Waals surface area contributed by atoms with Gasteiger partial charge < -0.3 is 14.4 Å². The third kappa shape index (κ3) is 7.57. The van der Waals surface area contributed by atoms with Gasteiger partial charge in [-0.3, -0.25) is 9.69 Å². The van der Waals surface area contributed by atoms with E-state index in [2.05, 4.69) is 24.6 Å². The molecule has 8 nitrogen and oxygen atoms in total. The van der Waals surface area contributed by atoms with Gasteiger partial charge in [-0.1, -0.05) is 38.8 Å². The number of halogens is 1. The van der Waals surface area contributed by atoms with E-state index >= 15 is 0 Å². The van der Waals surface area contributed by atoms with Gasteiger partial charge in [0.1, 0.15) is 17.9 Å². The summed E-state index contributed by atoms with van der Waals surface area (Å²) >= 11 is 0. The highest BCUT2D eigenvalue weighted by atomic mass is 32.2. The molecule has 0 spiro atoms. The smallest absolute Gasteiger partial charge is 0.241 e. The lowest BCUT2D eigenvalue weighted by molar-refractivity contribution is -0.121. The maximum atomic E-state index is 14.2. The van der Waals surface area contributed by atoms with Crippen LogP contribution in [0.5, 0.6) is 5.75 Å². The number of hydrogen-bond acceptors (Lipinski definition) is 6. The molecular formula is C32H44FN3O5S. The van der Waals surface area contributed by atoms with Gasteiger partial charge in [0, 0.05) is 49.1 Å². The highest BCUT2D eigenvalue weighted by Crippen LogP contribution is 2.40. The molecule has 0 bridgehead atoms. The minimum absolute atomic E-state index is 0.0420. The van der Waals surface area contributed by atoms with E-state index < -0.39 is 15.9 Å². The summed E-state index contributed by atoms with van der Waals surface area (Å²) in [6.45, 7) is 7.23. The summed E-state index contributed by atoms with van der Waals surface area (Å²) in [7, 11) is -3.41. The number of benzene rings is 2. The molecule has 2 aliphatic heterocycles. The van der Waals surface area contributed by atoms with Crippen molar-refractivity contribution in [2.24, 2.45) is 5.92 Å². The first-order chi connectivity index (χ1) is 20.1. The molecule has 0 unspecified atom stereocenters. The van der Waals surface area contributed by atoms with E-state index in [1.165, 1.54) is 6.07 Å². The van der Waals surface area contributed by atoms with Gasteiger partial charge >= 0.3 is 0 Å². The number of carbonyl (C=O) groups excluding carboxylic acids is 2. The fourth-order valence-corrected chi connectivity index (χ4v) is 7.07. The first-order valence-corrected chi connectivity index (χ1v) is 16.9. The predicted molar refractivity (Wildman–Crippen MR) is 163 cm³/mol. The van der Waals surface area contributed by atoms with Gasteiger partial charge in [0.2, 0.25) is 15.9 Å². The number of likely N-dealkylation sites (tertiary alicyclic amines) is 1. The van der Waals surface area contributed by atoms with E-state index in [4.69, 9.17) is 4.74 Å². The zero-order valence-corrected chi connectivity index (χ0v) is 26.0. The molecule has 2 aliphatic rings. The van der Waals surface area contributed by atoms with Crippen molar-refractivity contribution in [3.63, 3.8) is 0 Å². The third-order valence-electron chi connectivity index (χ3n) is 8.55. The van der Waals surface area contributed by atoms with Crippen molar-refractivity contribution in [3.8, 4) is 5.75 Å². The topological polar surface area (TPSA) is 96.0 Å². The minimum Gasteiger partial charge on any atom is -0.493 e. The van der Waals surface area contributed by atoms with Gasteiger partial charge in [-0.15, -0.1) is 0 Å². The van der Waals surface area contributed by atoms with Crippen LogP contribution in [0.25, 0.3) is 0 Å². The Morgan fingerprint density at radius 1 is 1.19 bits per heavy atom. The minimum atomic E-state index is -3.41. The number of nitrogens with one attached hydrogen (secondary N) is 1.